The molecule has 0 aliphatic carbocycles. The van der Waals surface area contributed by atoms with Gasteiger partial charge in [0.25, 0.3) is 5.91 Å². The molecule has 0 saturated carbocycles. The van der Waals surface area contributed by atoms with Crippen molar-refractivity contribution < 1.29 is 19.2 Å². The van der Waals surface area contributed by atoms with Crippen molar-refractivity contribution in [1.82, 2.24) is 35.2 Å². The molecule has 0 spiro atoms. The highest BCUT2D eigenvalue weighted by molar-refractivity contribution is 6.05. The molecule has 1 aromatic heterocycles. The summed E-state index contributed by atoms with van der Waals surface area (Å²) in [6, 6.07) is 6.66. The Balaban J connectivity index is 1.06. The van der Waals surface area contributed by atoms with Crippen molar-refractivity contribution in [2.24, 2.45) is 5.92 Å². The monoisotopic (exact) mass is 494 g/mol. The number of rotatable bonds is 6. The summed E-state index contributed by atoms with van der Waals surface area (Å²) < 4.78 is 1.79. The van der Waals surface area contributed by atoms with Gasteiger partial charge in [-0.05, 0) is 57.0 Å². The third-order valence-electron chi connectivity index (χ3n) is 7.30. The summed E-state index contributed by atoms with van der Waals surface area (Å²) in [5.74, 6) is -0.550. The average molecular weight is 495 g/mol. The first kappa shape index (κ1) is 23.9. The normalized spacial score (nSPS) is 21.8. The molecule has 190 valence electrons. The summed E-state index contributed by atoms with van der Waals surface area (Å²) in [5, 5.41) is 15.3. The maximum absolute atomic E-state index is 12.9. The van der Waals surface area contributed by atoms with E-state index in [4.69, 9.17) is 0 Å². The third kappa shape index (κ3) is 5.38. The maximum Gasteiger partial charge on any atom is 0.322 e. The lowest BCUT2D eigenvalue weighted by Gasteiger charge is -2.41. The number of amides is 5. The molecule has 5 amide bonds. The van der Waals surface area contributed by atoms with Crippen molar-refractivity contribution in [3.63, 3.8) is 0 Å². The molecule has 2 aromatic rings. The molecule has 36 heavy (non-hydrogen) atoms. The lowest BCUT2D eigenvalue weighted by Crippen LogP contribution is -2.50. The number of carbonyl (C=O) groups excluding carboxylic acids is 4. The first-order chi connectivity index (χ1) is 17.5. The zero-order valence-corrected chi connectivity index (χ0v) is 19.9. The topological polar surface area (TPSA) is 142 Å². The molecule has 12 nitrogen and oxygen atoms in total. The van der Waals surface area contributed by atoms with Crippen molar-refractivity contribution in [3.05, 3.63) is 36.9 Å². The SMILES string of the molecule is O=C1NC(=O)C(CC(=O)N2CCC(N3CCC(C(=O)Nc4cccc(-n5cnnc5)c4)CC3)CC2)N1. The van der Waals surface area contributed by atoms with E-state index in [2.05, 4.69) is 31.0 Å². The van der Waals surface area contributed by atoms with Gasteiger partial charge in [-0.25, -0.2) is 4.79 Å². The van der Waals surface area contributed by atoms with Gasteiger partial charge in [0.2, 0.25) is 11.8 Å². The highest BCUT2D eigenvalue weighted by atomic mass is 16.2. The van der Waals surface area contributed by atoms with Crippen molar-refractivity contribution in [2.45, 2.75) is 44.2 Å². The predicted octanol–water partition coefficient (Wildman–Crippen LogP) is 0.507. The Kier molecular flexibility index (Phi) is 6.94. The second kappa shape index (κ2) is 10.4. The van der Waals surface area contributed by atoms with Gasteiger partial charge in [0.1, 0.15) is 18.7 Å². The van der Waals surface area contributed by atoms with Crippen molar-refractivity contribution in [1.29, 1.82) is 0 Å². The fourth-order valence-corrected chi connectivity index (χ4v) is 5.24. The van der Waals surface area contributed by atoms with Crippen LogP contribution < -0.4 is 16.0 Å². The Morgan fingerprint density at radius 2 is 1.72 bits per heavy atom. The lowest BCUT2D eigenvalue weighted by molar-refractivity contribution is -0.135. The highest BCUT2D eigenvalue weighted by Gasteiger charge is 2.35. The average Bonchev–Trinajstić information content (AvgIpc) is 3.54. The number of imide groups is 1. The minimum Gasteiger partial charge on any atom is -0.343 e. The Bertz CT molecular complexity index is 1120. The molecule has 1 atom stereocenters. The van der Waals surface area contributed by atoms with Crippen molar-refractivity contribution in [2.75, 3.05) is 31.5 Å². The number of benzene rings is 1. The second-order valence-electron chi connectivity index (χ2n) is 9.55. The van der Waals surface area contributed by atoms with Crippen molar-refractivity contribution >= 4 is 29.4 Å². The van der Waals surface area contributed by atoms with Gasteiger partial charge < -0.3 is 20.4 Å². The molecule has 1 aromatic carbocycles. The van der Waals surface area contributed by atoms with Crippen LogP contribution in [-0.4, -0.2) is 86.6 Å². The van der Waals surface area contributed by atoms with E-state index in [9.17, 15) is 19.2 Å². The number of hydrogen-bond donors (Lipinski definition) is 3. The van der Waals surface area contributed by atoms with Crippen LogP contribution in [0.25, 0.3) is 5.69 Å². The summed E-state index contributed by atoms with van der Waals surface area (Å²) in [6.45, 7) is 2.97. The van der Waals surface area contributed by atoms with E-state index in [0.717, 1.165) is 50.1 Å². The molecule has 3 N–H and O–H groups in total. The molecule has 1 unspecified atom stereocenters. The maximum atomic E-state index is 12.9. The molecular weight excluding hydrogens is 464 g/mol. The fourth-order valence-electron chi connectivity index (χ4n) is 5.24. The van der Waals surface area contributed by atoms with Crippen LogP contribution in [0.4, 0.5) is 10.5 Å². The lowest BCUT2D eigenvalue weighted by atomic mass is 9.92. The number of urea groups is 1. The number of nitrogens with zero attached hydrogens (tertiary/aromatic N) is 5. The van der Waals surface area contributed by atoms with Gasteiger partial charge in [-0.15, -0.1) is 10.2 Å². The molecule has 12 heteroatoms. The third-order valence-corrected chi connectivity index (χ3v) is 7.30. The van der Waals surface area contributed by atoms with Gasteiger partial charge in [0.05, 0.1) is 12.1 Å². The minimum atomic E-state index is -0.779. The van der Waals surface area contributed by atoms with E-state index in [0.29, 0.717) is 19.1 Å². The molecule has 3 fully saturated rings. The minimum absolute atomic E-state index is 0.00906. The zero-order valence-electron chi connectivity index (χ0n) is 19.9. The van der Waals surface area contributed by atoms with E-state index >= 15 is 0 Å². The smallest absolute Gasteiger partial charge is 0.322 e. The summed E-state index contributed by atoms with van der Waals surface area (Å²) >= 11 is 0. The van der Waals surface area contributed by atoms with E-state index in [1.165, 1.54) is 0 Å². The molecule has 0 bridgehead atoms. The van der Waals surface area contributed by atoms with Crippen molar-refractivity contribution in [3.8, 4) is 5.69 Å². The number of hydrogen-bond acceptors (Lipinski definition) is 7. The Hall–Kier alpha value is -3.80. The largest absolute Gasteiger partial charge is 0.343 e. The van der Waals surface area contributed by atoms with Crippen LogP contribution in [0.2, 0.25) is 0 Å². The summed E-state index contributed by atoms with van der Waals surface area (Å²) in [4.78, 5) is 52.6. The van der Waals surface area contributed by atoms with E-state index < -0.39 is 18.0 Å². The summed E-state index contributed by atoms with van der Waals surface area (Å²) in [5.41, 5.74) is 1.63. The van der Waals surface area contributed by atoms with Gasteiger partial charge in [0.15, 0.2) is 0 Å². The molecule has 3 aliphatic rings. The Morgan fingerprint density at radius 1 is 1.00 bits per heavy atom. The Labute approximate surface area is 208 Å². The zero-order chi connectivity index (χ0) is 25.1. The van der Waals surface area contributed by atoms with Gasteiger partial charge in [-0.2, -0.15) is 0 Å². The number of piperidine rings is 2. The highest BCUT2D eigenvalue weighted by Crippen LogP contribution is 2.26. The number of anilines is 1. The molecule has 3 aliphatic heterocycles. The van der Waals surface area contributed by atoms with Crippen LogP contribution in [0, 0.1) is 5.92 Å². The molecule has 4 heterocycles. The number of carbonyl (C=O) groups is 4. The van der Waals surface area contributed by atoms with Crippen LogP contribution in [0.3, 0.4) is 0 Å². The summed E-state index contributed by atoms with van der Waals surface area (Å²) in [6.07, 6.45) is 6.54. The van der Waals surface area contributed by atoms with Gasteiger partial charge in [0, 0.05) is 30.7 Å². The van der Waals surface area contributed by atoms with Gasteiger partial charge >= 0.3 is 6.03 Å². The van der Waals surface area contributed by atoms with Gasteiger partial charge in [-0.3, -0.25) is 24.3 Å². The van der Waals surface area contributed by atoms with Crippen LogP contribution >= 0.6 is 0 Å². The quantitative estimate of drug-likeness (QED) is 0.497. The Morgan fingerprint density at radius 3 is 2.39 bits per heavy atom. The van der Waals surface area contributed by atoms with E-state index in [-0.39, 0.29) is 24.2 Å². The molecule has 5 rings (SSSR count). The first-order valence-electron chi connectivity index (χ1n) is 12.4. The number of likely N-dealkylation sites (tertiary alicyclic amines) is 2. The van der Waals surface area contributed by atoms with Crippen LogP contribution in [0.5, 0.6) is 0 Å². The molecule has 0 radical (unpaired) electrons. The standard InChI is InChI=1S/C24H30N8O4/c33-21(13-20-23(35)29-24(36)28-20)31-10-6-18(7-11-31)30-8-4-16(5-9-30)22(34)27-17-2-1-3-19(12-17)32-14-25-26-15-32/h1-3,12,14-16,18,20H,4-11,13H2,(H,27,34)(H2,28,29,35,36). The van der Waals surface area contributed by atoms with E-state index in [1.807, 2.05) is 24.3 Å². The van der Waals surface area contributed by atoms with Crippen LogP contribution in [0.15, 0.2) is 36.9 Å². The van der Waals surface area contributed by atoms with Crippen LogP contribution in [0.1, 0.15) is 32.1 Å². The number of aromatic nitrogens is 3. The molecular formula is C24H30N8O4. The molecule has 3 saturated heterocycles. The van der Waals surface area contributed by atoms with E-state index in [1.54, 1.807) is 22.1 Å². The first-order valence-corrected chi connectivity index (χ1v) is 12.4. The van der Waals surface area contributed by atoms with Crippen LogP contribution in [-0.2, 0) is 14.4 Å². The number of nitrogens with one attached hydrogen (secondary N) is 3. The fraction of sp³-hybridized carbons (Fsp3) is 0.500. The second-order valence-corrected chi connectivity index (χ2v) is 9.55. The van der Waals surface area contributed by atoms with Gasteiger partial charge in [-0.1, -0.05) is 6.07 Å². The predicted molar refractivity (Wildman–Crippen MR) is 129 cm³/mol. The summed E-state index contributed by atoms with van der Waals surface area (Å²) in [7, 11) is 0.